The highest BCUT2D eigenvalue weighted by Gasteiger charge is 2.27. The van der Waals surface area contributed by atoms with Gasteiger partial charge in [0.15, 0.2) is 0 Å². The smallest absolute Gasteiger partial charge is 0.334 e. The van der Waals surface area contributed by atoms with Crippen molar-refractivity contribution >= 4 is 20.0 Å². The van der Waals surface area contributed by atoms with E-state index in [-0.39, 0.29) is 0 Å². The van der Waals surface area contributed by atoms with E-state index in [2.05, 4.69) is 11.5 Å². The molecule has 0 atom stereocenters. The van der Waals surface area contributed by atoms with Gasteiger partial charge in [-0.1, -0.05) is 0 Å². The van der Waals surface area contributed by atoms with Crippen molar-refractivity contribution in [1.82, 2.24) is 0 Å². The zero-order valence-electron chi connectivity index (χ0n) is 10.5. The van der Waals surface area contributed by atoms with Crippen LogP contribution in [0.15, 0.2) is 4.99 Å². The summed E-state index contributed by atoms with van der Waals surface area (Å²) in [7, 11) is 1.55. The number of nitrogens with zero attached hydrogens (tertiary/aromatic N) is 1. The third-order valence-electron chi connectivity index (χ3n) is 3.12. The van der Waals surface area contributed by atoms with Crippen LogP contribution in [0.4, 0.5) is 0 Å². The van der Waals surface area contributed by atoms with Crippen LogP contribution in [-0.2, 0) is 8.85 Å². The maximum Gasteiger partial charge on any atom is 0.334 e. The Morgan fingerprint density at radius 3 is 2.50 bits per heavy atom. The number of hydrogen-bond acceptors (Lipinski definition) is 4. The van der Waals surface area contributed by atoms with E-state index in [1.165, 1.54) is 5.71 Å². The molecule has 0 aromatic rings. The van der Waals surface area contributed by atoms with Crippen molar-refractivity contribution in [3.8, 4) is 0 Å². The van der Waals surface area contributed by atoms with Crippen LogP contribution in [0.3, 0.4) is 0 Å². The first kappa shape index (κ1) is 13.5. The number of hydrogen-bond donors (Lipinski definition) is 1. The van der Waals surface area contributed by atoms with E-state index in [4.69, 9.17) is 14.3 Å². The first-order valence-electron chi connectivity index (χ1n) is 5.78. The molecular formula is C11H22N2O2Si. The molecule has 0 heterocycles. The molecule has 0 spiro atoms. The van der Waals surface area contributed by atoms with Crippen LogP contribution in [0.25, 0.3) is 0 Å². The summed E-state index contributed by atoms with van der Waals surface area (Å²) < 4.78 is 10.8. The number of aliphatic imine (C=N–C) groups is 1. The van der Waals surface area contributed by atoms with Crippen molar-refractivity contribution in [2.24, 2.45) is 4.99 Å². The molecule has 1 aliphatic rings. The topological polar surface area (TPSA) is 54.7 Å². The molecule has 0 amide bonds. The lowest BCUT2D eigenvalue weighted by molar-refractivity contribution is 0.249. The van der Waals surface area contributed by atoms with E-state index in [1.54, 1.807) is 14.2 Å². The van der Waals surface area contributed by atoms with E-state index in [0.29, 0.717) is 0 Å². The molecule has 0 radical (unpaired) electrons. The molecule has 1 saturated carbocycles. The average molecular weight is 242 g/mol. The number of rotatable bonds is 6. The van der Waals surface area contributed by atoms with Gasteiger partial charge in [0, 0.05) is 38.6 Å². The monoisotopic (exact) mass is 242 g/mol. The molecule has 1 rings (SSSR count). The van der Waals surface area contributed by atoms with Gasteiger partial charge in [0.1, 0.15) is 0 Å². The summed E-state index contributed by atoms with van der Waals surface area (Å²) in [6.45, 7) is 2.92. The summed E-state index contributed by atoms with van der Waals surface area (Å²) >= 11 is 0. The Morgan fingerprint density at radius 2 is 2.00 bits per heavy atom. The van der Waals surface area contributed by atoms with Crippen LogP contribution in [0.1, 0.15) is 25.7 Å². The molecule has 0 unspecified atom stereocenters. The lowest BCUT2D eigenvalue weighted by atomic mass is 10.3. The second kappa shape index (κ2) is 6.27. The van der Waals surface area contributed by atoms with Crippen LogP contribution >= 0.6 is 0 Å². The third-order valence-corrected chi connectivity index (χ3v) is 6.11. The van der Waals surface area contributed by atoms with Crippen molar-refractivity contribution in [1.29, 1.82) is 5.41 Å². The van der Waals surface area contributed by atoms with Gasteiger partial charge in [-0.25, -0.2) is 0 Å². The Kier molecular flexibility index (Phi) is 5.31. The van der Waals surface area contributed by atoms with Crippen molar-refractivity contribution in [2.45, 2.75) is 38.3 Å². The van der Waals surface area contributed by atoms with Gasteiger partial charge in [0.05, 0.1) is 0 Å². The second-order valence-corrected chi connectivity index (χ2v) is 7.96. The Hall–Kier alpha value is -0.523. The molecular weight excluding hydrogens is 220 g/mol. The summed E-state index contributed by atoms with van der Waals surface area (Å²) in [4.78, 5) is 4.53. The lowest BCUT2D eigenvalue weighted by Gasteiger charge is -2.22. The van der Waals surface area contributed by atoms with Crippen LogP contribution in [0.5, 0.6) is 0 Å². The molecule has 16 heavy (non-hydrogen) atoms. The van der Waals surface area contributed by atoms with E-state index >= 15 is 0 Å². The largest absolute Gasteiger partial charge is 0.398 e. The average Bonchev–Trinajstić information content (AvgIpc) is 2.70. The molecule has 0 aromatic carbocycles. The van der Waals surface area contributed by atoms with Crippen LogP contribution in [0.2, 0.25) is 12.6 Å². The summed E-state index contributed by atoms with van der Waals surface area (Å²) in [5, 5.41) is 7.50. The minimum absolute atomic E-state index is 0.795. The fourth-order valence-corrected chi connectivity index (χ4v) is 3.15. The summed E-state index contributed by atoms with van der Waals surface area (Å²) in [6, 6.07) is 0.980. The molecule has 5 heteroatoms. The molecule has 1 aliphatic carbocycles. The van der Waals surface area contributed by atoms with E-state index in [1.807, 2.05) is 0 Å². The lowest BCUT2D eigenvalue weighted by Crippen LogP contribution is -2.35. The van der Waals surface area contributed by atoms with Crippen molar-refractivity contribution in [2.75, 3.05) is 20.8 Å². The minimum Gasteiger partial charge on any atom is -0.398 e. The molecule has 4 nitrogen and oxygen atoms in total. The Labute approximate surface area is 98.8 Å². The highest BCUT2D eigenvalue weighted by molar-refractivity contribution is 6.65. The van der Waals surface area contributed by atoms with E-state index in [9.17, 15) is 0 Å². The maximum absolute atomic E-state index is 7.50. The Balaban J connectivity index is 2.23. The van der Waals surface area contributed by atoms with Gasteiger partial charge in [-0.15, -0.1) is 0 Å². The Bertz CT molecular complexity index is 275. The zero-order chi connectivity index (χ0) is 12.0. The third kappa shape index (κ3) is 4.15. The predicted octanol–water partition coefficient (Wildman–Crippen LogP) is 2.39. The SMILES string of the molecule is CO[Si](C)(CCCN=C1CCC(=N)C1)OC. The molecule has 1 N–H and O–H groups in total. The fourth-order valence-electron chi connectivity index (χ4n) is 1.78. The van der Waals surface area contributed by atoms with Crippen LogP contribution in [0, 0.1) is 5.41 Å². The van der Waals surface area contributed by atoms with Gasteiger partial charge in [0.25, 0.3) is 0 Å². The predicted molar refractivity (Wildman–Crippen MR) is 68.9 cm³/mol. The summed E-state index contributed by atoms with van der Waals surface area (Å²) in [5.74, 6) is 0. The first-order valence-corrected chi connectivity index (χ1v) is 8.31. The van der Waals surface area contributed by atoms with Gasteiger partial charge in [-0.05, 0) is 31.9 Å². The van der Waals surface area contributed by atoms with Crippen LogP contribution in [-0.4, -0.2) is 40.7 Å². The standard InChI is InChI=1S/C11H22N2O2Si/c1-14-16(3,15-2)8-4-7-13-11-6-5-10(12)9-11/h12H,4-9H2,1-3H3. The molecule has 0 saturated heterocycles. The van der Waals surface area contributed by atoms with Gasteiger partial charge in [0.2, 0.25) is 0 Å². The summed E-state index contributed by atoms with van der Waals surface area (Å²) in [5.41, 5.74) is 2.02. The van der Waals surface area contributed by atoms with Gasteiger partial charge in [-0.2, -0.15) is 0 Å². The minimum atomic E-state index is -1.90. The van der Waals surface area contributed by atoms with Gasteiger partial charge in [-0.3, -0.25) is 4.99 Å². The Morgan fingerprint density at radius 1 is 1.31 bits per heavy atom. The molecule has 0 aliphatic heterocycles. The highest BCUT2D eigenvalue weighted by Crippen LogP contribution is 2.15. The van der Waals surface area contributed by atoms with Crippen LogP contribution < -0.4 is 0 Å². The number of nitrogens with one attached hydrogen (secondary N) is 1. The molecule has 92 valence electrons. The molecule has 1 fully saturated rings. The van der Waals surface area contributed by atoms with Crippen molar-refractivity contribution < 1.29 is 8.85 Å². The quantitative estimate of drug-likeness (QED) is 0.574. The normalized spacial score (nSPS) is 19.7. The fraction of sp³-hybridized carbons (Fsp3) is 0.818. The van der Waals surface area contributed by atoms with E-state index < -0.39 is 8.56 Å². The summed E-state index contributed by atoms with van der Waals surface area (Å²) in [6.07, 6.45) is 3.70. The van der Waals surface area contributed by atoms with Gasteiger partial charge < -0.3 is 14.3 Å². The van der Waals surface area contributed by atoms with Crippen molar-refractivity contribution in [3.05, 3.63) is 0 Å². The highest BCUT2D eigenvalue weighted by atomic mass is 28.4. The zero-order valence-corrected chi connectivity index (χ0v) is 11.5. The molecule has 0 aromatic heterocycles. The van der Waals surface area contributed by atoms with Crippen molar-refractivity contribution in [3.63, 3.8) is 0 Å². The van der Waals surface area contributed by atoms with Gasteiger partial charge >= 0.3 is 8.56 Å². The maximum atomic E-state index is 7.50. The second-order valence-electron chi connectivity index (χ2n) is 4.37. The molecule has 0 bridgehead atoms. The van der Waals surface area contributed by atoms with E-state index in [0.717, 1.165) is 44.0 Å². The first-order chi connectivity index (χ1) is 7.59.